The minimum atomic E-state index is -0.128. The third-order valence-electron chi connectivity index (χ3n) is 4.31. The van der Waals surface area contributed by atoms with Gasteiger partial charge >= 0.3 is 6.03 Å². The number of amides is 3. The van der Waals surface area contributed by atoms with Gasteiger partial charge in [-0.2, -0.15) is 0 Å². The number of hydrogen-bond donors (Lipinski definition) is 2. The Balaban J connectivity index is 1.59. The molecule has 0 atom stereocenters. The lowest BCUT2D eigenvalue weighted by Gasteiger charge is -2.16. The molecule has 0 bridgehead atoms. The van der Waals surface area contributed by atoms with Crippen molar-refractivity contribution in [2.75, 3.05) is 11.9 Å². The fourth-order valence-electron chi connectivity index (χ4n) is 2.91. The van der Waals surface area contributed by atoms with Crippen molar-refractivity contribution >= 4 is 17.6 Å². The van der Waals surface area contributed by atoms with E-state index in [4.69, 9.17) is 0 Å². The first-order chi connectivity index (χ1) is 12.1. The molecular weight excluding hydrogens is 314 g/mol. The number of nitrogens with zero attached hydrogens (tertiary/aromatic N) is 1. The van der Waals surface area contributed by atoms with Crippen molar-refractivity contribution in [3.8, 4) is 0 Å². The van der Waals surface area contributed by atoms with Crippen LogP contribution < -0.4 is 10.6 Å². The summed E-state index contributed by atoms with van der Waals surface area (Å²) >= 11 is 0. The van der Waals surface area contributed by atoms with Crippen molar-refractivity contribution in [2.45, 2.75) is 33.4 Å². The average Bonchev–Trinajstić information content (AvgIpc) is 3.03. The van der Waals surface area contributed by atoms with Crippen molar-refractivity contribution in [3.63, 3.8) is 0 Å². The molecule has 25 heavy (non-hydrogen) atoms. The number of rotatable bonds is 4. The van der Waals surface area contributed by atoms with Crippen LogP contribution in [0.1, 0.15) is 40.4 Å². The van der Waals surface area contributed by atoms with E-state index in [1.54, 1.807) is 29.2 Å². The highest BCUT2D eigenvalue weighted by Gasteiger charge is 2.23. The molecule has 0 unspecified atom stereocenters. The van der Waals surface area contributed by atoms with Crippen LogP contribution in [-0.2, 0) is 13.1 Å². The number of carbonyl (C=O) groups is 2. The summed E-state index contributed by atoms with van der Waals surface area (Å²) in [6.07, 6.45) is 0.900. The van der Waals surface area contributed by atoms with Crippen LogP contribution in [0.5, 0.6) is 0 Å². The van der Waals surface area contributed by atoms with E-state index >= 15 is 0 Å². The van der Waals surface area contributed by atoms with Crippen LogP contribution in [0.3, 0.4) is 0 Å². The molecule has 2 N–H and O–H groups in total. The largest absolute Gasteiger partial charge is 0.352 e. The minimum Gasteiger partial charge on any atom is -0.352 e. The molecule has 2 aromatic carbocycles. The topological polar surface area (TPSA) is 61.4 Å². The number of fused-ring (bicyclic) bond motifs is 1. The first-order valence-electron chi connectivity index (χ1n) is 8.59. The second-order valence-corrected chi connectivity index (χ2v) is 6.39. The zero-order valence-electron chi connectivity index (χ0n) is 14.6. The quantitative estimate of drug-likeness (QED) is 0.894. The van der Waals surface area contributed by atoms with E-state index in [9.17, 15) is 9.59 Å². The molecule has 0 saturated heterocycles. The Morgan fingerprint density at radius 1 is 1.04 bits per heavy atom. The van der Waals surface area contributed by atoms with Gasteiger partial charge < -0.3 is 15.5 Å². The number of aryl methyl sites for hydroxylation is 1. The third kappa shape index (κ3) is 3.99. The number of anilines is 1. The van der Waals surface area contributed by atoms with Crippen molar-refractivity contribution in [3.05, 3.63) is 64.7 Å². The van der Waals surface area contributed by atoms with E-state index in [-0.39, 0.29) is 11.9 Å². The van der Waals surface area contributed by atoms with Crippen LogP contribution in [0.15, 0.2) is 42.5 Å². The molecule has 3 amide bonds. The van der Waals surface area contributed by atoms with E-state index in [1.807, 2.05) is 6.92 Å². The van der Waals surface area contributed by atoms with Crippen molar-refractivity contribution in [1.82, 2.24) is 10.2 Å². The maximum Gasteiger partial charge on any atom is 0.322 e. The van der Waals surface area contributed by atoms with Crippen LogP contribution in [0.25, 0.3) is 0 Å². The second-order valence-electron chi connectivity index (χ2n) is 6.39. The van der Waals surface area contributed by atoms with Gasteiger partial charge in [0.25, 0.3) is 5.91 Å². The Kier molecular flexibility index (Phi) is 5.03. The van der Waals surface area contributed by atoms with Crippen LogP contribution in [0.2, 0.25) is 0 Å². The van der Waals surface area contributed by atoms with Crippen LogP contribution in [-0.4, -0.2) is 23.4 Å². The average molecular weight is 337 g/mol. The van der Waals surface area contributed by atoms with Gasteiger partial charge in [0.15, 0.2) is 0 Å². The number of hydrogen-bond acceptors (Lipinski definition) is 2. The molecule has 2 aromatic rings. The first kappa shape index (κ1) is 17.0. The Hall–Kier alpha value is -2.82. The normalized spacial score (nSPS) is 12.6. The predicted octanol–water partition coefficient (Wildman–Crippen LogP) is 3.68. The van der Waals surface area contributed by atoms with Gasteiger partial charge in [0, 0.05) is 30.9 Å². The molecule has 0 aliphatic carbocycles. The molecule has 130 valence electrons. The van der Waals surface area contributed by atoms with E-state index in [0.717, 1.165) is 6.42 Å². The molecule has 0 aromatic heterocycles. The molecule has 0 spiro atoms. The molecule has 0 fully saturated rings. The summed E-state index contributed by atoms with van der Waals surface area (Å²) < 4.78 is 0. The summed E-state index contributed by atoms with van der Waals surface area (Å²) in [4.78, 5) is 26.1. The fourth-order valence-corrected chi connectivity index (χ4v) is 2.91. The lowest BCUT2D eigenvalue weighted by atomic mass is 10.1. The zero-order chi connectivity index (χ0) is 17.8. The highest BCUT2D eigenvalue weighted by atomic mass is 16.2. The lowest BCUT2D eigenvalue weighted by Crippen LogP contribution is -2.30. The van der Waals surface area contributed by atoms with Gasteiger partial charge in [-0.3, -0.25) is 4.79 Å². The van der Waals surface area contributed by atoms with E-state index in [1.165, 1.54) is 16.7 Å². The maximum absolute atomic E-state index is 12.5. The van der Waals surface area contributed by atoms with Gasteiger partial charge in [0.1, 0.15) is 0 Å². The molecule has 3 rings (SSSR count). The highest BCUT2D eigenvalue weighted by molar-refractivity contribution is 5.95. The SMILES string of the molecule is CCCNC(=O)c1ccc(NC(=O)N2Cc3ccc(C)cc3C2)cc1. The smallest absolute Gasteiger partial charge is 0.322 e. The van der Waals surface area contributed by atoms with Gasteiger partial charge in [-0.05, 0) is 48.7 Å². The predicted molar refractivity (Wildman–Crippen MR) is 98.5 cm³/mol. The highest BCUT2D eigenvalue weighted by Crippen LogP contribution is 2.24. The summed E-state index contributed by atoms with van der Waals surface area (Å²) in [6.45, 7) is 5.98. The molecular formula is C20H23N3O2. The summed E-state index contributed by atoms with van der Waals surface area (Å²) in [5, 5.41) is 5.73. The van der Waals surface area contributed by atoms with Crippen molar-refractivity contribution < 1.29 is 9.59 Å². The van der Waals surface area contributed by atoms with E-state index in [0.29, 0.717) is 30.9 Å². The third-order valence-corrected chi connectivity index (χ3v) is 4.31. The summed E-state index contributed by atoms with van der Waals surface area (Å²) in [5.74, 6) is -0.0925. The Morgan fingerprint density at radius 3 is 2.48 bits per heavy atom. The summed E-state index contributed by atoms with van der Waals surface area (Å²) in [7, 11) is 0. The lowest BCUT2D eigenvalue weighted by molar-refractivity contribution is 0.0953. The molecule has 0 radical (unpaired) electrons. The van der Waals surface area contributed by atoms with Gasteiger partial charge in [0.05, 0.1) is 0 Å². The van der Waals surface area contributed by atoms with Crippen LogP contribution in [0, 0.1) is 6.92 Å². The second kappa shape index (κ2) is 7.38. The molecule has 1 aliphatic rings. The fraction of sp³-hybridized carbons (Fsp3) is 0.300. The van der Waals surface area contributed by atoms with E-state index < -0.39 is 0 Å². The van der Waals surface area contributed by atoms with Crippen LogP contribution in [0.4, 0.5) is 10.5 Å². The van der Waals surface area contributed by atoms with Gasteiger partial charge in [-0.1, -0.05) is 30.7 Å². The Bertz CT molecular complexity index is 784. The molecule has 0 saturated carbocycles. The molecule has 5 nitrogen and oxygen atoms in total. The molecule has 1 heterocycles. The number of nitrogens with one attached hydrogen (secondary N) is 2. The zero-order valence-corrected chi connectivity index (χ0v) is 14.6. The van der Waals surface area contributed by atoms with E-state index in [2.05, 4.69) is 35.8 Å². The van der Waals surface area contributed by atoms with Gasteiger partial charge in [-0.25, -0.2) is 4.79 Å². The Morgan fingerprint density at radius 2 is 1.76 bits per heavy atom. The van der Waals surface area contributed by atoms with Gasteiger partial charge in [0.2, 0.25) is 0 Å². The molecule has 1 aliphatic heterocycles. The minimum absolute atomic E-state index is 0.0925. The number of carbonyl (C=O) groups excluding carboxylic acids is 2. The number of urea groups is 1. The standard InChI is InChI=1S/C20H23N3O2/c1-3-10-21-19(24)15-6-8-18(9-7-15)22-20(25)23-12-16-5-4-14(2)11-17(16)13-23/h4-9,11H,3,10,12-13H2,1-2H3,(H,21,24)(H,22,25). The maximum atomic E-state index is 12.5. The van der Waals surface area contributed by atoms with Crippen molar-refractivity contribution in [1.29, 1.82) is 0 Å². The molecule has 5 heteroatoms. The number of benzene rings is 2. The first-order valence-corrected chi connectivity index (χ1v) is 8.59. The summed E-state index contributed by atoms with van der Waals surface area (Å²) in [6, 6.07) is 13.1. The summed E-state index contributed by atoms with van der Waals surface area (Å²) in [5.41, 5.74) is 4.89. The van der Waals surface area contributed by atoms with Crippen molar-refractivity contribution in [2.24, 2.45) is 0 Å². The monoisotopic (exact) mass is 337 g/mol. The van der Waals surface area contributed by atoms with Crippen LogP contribution >= 0.6 is 0 Å². The van der Waals surface area contributed by atoms with Gasteiger partial charge in [-0.15, -0.1) is 0 Å². The Labute approximate surface area is 148 Å².